The lowest BCUT2D eigenvalue weighted by atomic mass is 10.2. The van der Waals surface area contributed by atoms with Crippen LogP contribution >= 0.6 is 0 Å². The van der Waals surface area contributed by atoms with Crippen LogP contribution in [0.25, 0.3) is 0 Å². The maximum atomic E-state index is 5.04. The molecule has 2 rings (SSSR count). The molecule has 0 bridgehead atoms. The van der Waals surface area contributed by atoms with Crippen molar-refractivity contribution in [1.29, 1.82) is 0 Å². The summed E-state index contributed by atoms with van der Waals surface area (Å²) in [5.41, 5.74) is 0. The van der Waals surface area contributed by atoms with E-state index in [1.54, 1.807) is 7.11 Å². The maximum Gasteiger partial charge on any atom is 0.118 e. The van der Waals surface area contributed by atoms with Crippen LogP contribution in [-0.2, 0) is 4.74 Å². The summed E-state index contributed by atoms with van der Waals surface area (Å²) in [5, 5.41) is 0. The molecule has 23 heavy (non-hydrogen) atoms. The molecule has 1 heterocycles. The monoisotopic (exact) mass is 322 g/mol. The van der Waals surface area contributed by atoms with Gasteiger partial charge in [-0.1, -0.05) is 52.3 Å². The van der Waals surface area contributed by atoms with Gasteiger partial charge in [0.25, 0.3) is 0 Å². The van der Waals surface area contributed by atoms with E-state index in [-0.39, 0.29) is 0 Å². The number of rotatable bonds is 4. The largest absolute Gasteiger partial charge is 0.497 e. The Bertz CT molecular complexity index is 350. The number of hydrogen-bond acceptors (Lipinski definition) is 3. The zero-order valence-electron chi connectivity index (χ0n) is 16.2. The lowest BCUT2D eigenvalue weighted by Crippen LogP contribution is -2.44. The molecule has 2 aliphatic rings. The molecule has 1 fully saturated rings. The standard InChI is InChI=1S/C9H20N2.C9H12O.C2H6/c1-3-4-5-11-8-6-10(2)7-9-11;1-8-4-3-5-9(10-2)7-6-8;1-2/h3-9H2,1-2H3;3-8H,1-2H3;1-2H3. The number of unbranched alkanes of at least 4 members (excludes halogenated alkanes) is 1. The Labute approximate surface area is 144 Å². The molecule has 1 atom stereocenters. The molecular formula is C20H38N2O. The summed E-state index contributed by atoms with van der Waals surface area (Å²) in [6.45, 7) is 14.8. The zero-order chi connectivity index (χ0) is 17.5. The van der Waals surface area contributed by atoms with Crippen LogP contribution in [0.3, 0.4) is 0 Å². The van der Waals surface area contributed by atoms with Gasteiger partial charge in [0.05, 0.1) is 7.11 Å². The molecule has 0 amide bonds. The Hall–Kier alpha value is -1.06. The number of hydrogen-bond donors (Lipinski definition) is 0. The molecule has 1 aliphatic heterocycles. The number of likely N-dealkylation sites (N-methyl/N-ethyl adjacent to an activating group) is 1. The van der Waals surface area contributed by atoms with Gasteiger partial charge in [-0.05, 0) is 38.1 Å². The predicted molar refractivity (Wildman–Crippen MR) is 103 cm³/mol. The normalized spacial score (nSPS) is 21.3. The highest BCUT2D eigenvalue weighted by Crippen LogP contribution is 2.09. The third-order valence-corrected chi connectivity index (χ3v) is 3.90. The first-order valence-electron chi connectivity index (χ1n) is 9.17. The topological polar surface area (TPSA) is 15.7 Å². The molecule has 0 aromatic heterocycles. The van der Waals surface area contributed by atoms with Crippen LogP contribution in [-0.4, -0.2) is 56.7 Å². The lowest BCUT2D eigenvalue weighted by molar-refractivity contribution is 0.152. The molecule has 1 aliphatic carbocycles. The average molecular weight is 323 g/mol. The van der Waals surface area contributed by atoms with Crippen molar-refractivity contribution in [3.63, 3.8) is 0 Å². The summed E-state index contributed by atoms with van der Waals surface area (Å²) >= 11 is 0. The van der Waals surface area contributed by atoms with Crippen LogP contribution in [0.15, 0.2) is 36.1 Å². The Morgan fingerprint density at radius 2 is 1.78 bits per heavy atom. The number of allylic oxidation sites excluding steroid dienone is 5. The fraction of sp³-hybridized carbons (Fsp3) is 0.700. The van der Waals surface area contributed by atoms with Gasteiger partial charge in [-0.2, -0.15) is 0 Å². The van der Waals surface area contributed by atoms with Crippen molar-refractivity contribution in [1.82, 2.24) is 9.80 Å². The van der Waals surface area contributed by atoms with Gasteiger partial charge in [-0.15, -0.1) is 0 Å². The average Bonchev–Trinajstić information content (AvgIpc) is 2.81. The second-order valence-corrected chi connectivity index (χ2v) is 5.87. The third kappa shape index (κ3) is 11.2. The fourth-order valence-electron chi connectivity index (χ4n) is 2.28. The summed E-state index contributed by atoms with van der Waals surface area (Å²) in [6.07, 6.45) is 12.9. The third-order valence-electron chi connectivity index (χ3n) is 3.90. The van der Waals surface area contributed by atoms with E-state index in [0.29, 0.717) is 5.92 Å². The first-order valence-corrected chi connectivity index (χ1v) is 9.17. The van der Waals surface area contributed by atoms with E-state index < -0.39 is 0 Å². The van der Waals surface area contributed by atoms with Gasteiger partial charge in [0.2, 0.25) is 0 Å². The molecule has 0 saturated carbocycles. The van der Waals surface area contributed by atoms with E-state index in [1.807, 2.05) is 32.1 Å². The SMILES string of the molecule is CC.CCCCN1CCN(C)CC1.COC1=CC=CC(C)C=C1. The summed E-state index contributed by atoms with van der Waals surface area (Å²) in [4.78, 5) is 4.98. The minimum atomic E-state index is 0.517. The highest BCUT2D eigenvalue weighted by molar-refractivity contribution is 5.23. The maximum absolute atomic E-state index is 5.04. The highest BCUT2D eigenvalue weighted by atomic mass is 16.5. The van der Waals surface area contributed by atoms with Crippen molar-refractivity contribution in [2.45, 2.75) is 40.5 Å². The summed E-state index contributed by atoms with van der Waals surface area (Å²) in [7, 11) is 3.89. The number of methoxy groups -OCH3 is 1. The van der Waals surface area contributed by atoms with Crippen LogP contribution in [0.4, 0.5) is 0 Å². The number of ether oxygens (including phenoxy) is 1. The zero-order valence-corrected chi connectivity index (χ0v) is 16.2. The van der Waals surface area contributed by atoms with E-state index >= 15 is 0 Å². The minimum absolute atomic E-state index is 0.517. The van der Waals surface area contributed by atoms with Crippen molar-refractivity contribution in [3.05, 3.63) is 36.1 Å². The van der Waals surface area contributed by atoms with Gasteiger partial charge in [0, 0.05) is 26.2 Å². The van der Waals surface area contributed by atoms with Gasteiger partial charge < -0.3 is 14.5 Å². The van der Waals surface area contributed by atoms with Crippen molar-refractivity contribution in [2.24, 2.45) is 5.92 Å². The fourth-order valence-corrected chi connectivity index (χ4v) is 2.28. The highest BCUT2D eigenvalue weighted by Gasteiger charge is 2.11. The summed E-state index contributed by atoms with van der Waals surface area (Å²) < 4.78 is 5.04. The molecular weight excluding hydrogens is 284 g/mol. The van der Waals surface area contributed by atoms with Crippen LogP contribution < -0.4 is 0 Å². The van der Waals surface area contributed by atoms with Gasteiger partial charge in [0.1, 0.15) is 5.76 Å². The Kier molecular flexibility index (Phi) is 13.9. The molecule has 0 radical (unpaired) electrons. The molecule has 3 heteroatoms. The van der Waals surface area contributed by atoms with E-state index in [1.165, 1.54) is 45.6 Å². The first kappa shape index (κ1) is 21.9. The summed E-state index contributed by atoms with van der Waals surface area (Å²) in [5.74, 6) is 1.43. The van der Waals surface area contributed by atoms with Crippen LogP contribution in [0.5, 0.6) is 0 Å². The van der Waals surface area contributed by atoms with E-state index in [0.717, 1.165) is 5.76 Å². The molecule has 0 N–H and O–H groups in total. The van der Waals surface area contributed by atoms with E-state index in [9.17, 15) is 0 Å². The van der Waals surface area contributed by atoms with E-state index in [4.69, 9.17) is 4.74 Å². The molecule has 1 unspecified atom stereocenters. The Morgan fingerprint density at radius 3 is 2.35 bits per heavy atom. The number of nitrogens with zero attached hydrogens (tertiary/aromatic N) is 2. The Morgan fingerprint density at radius 1 is 1.13 bits per heavy atom. The Balaban J connectivity index is 0.000000381. The molecule has 134 valence electrons. The van der Waals surface area contributed by atoms with Gasteiger partial charge >= 0.3 is 0 Å². The van der Waals surface area contributed by atoms with E-state index in [2.05, 4.69) is 42.8 Å². The predicted octanol–water partition coefficient (Wildman–Crippen LogP) is 4.34. The quantitative estimate of drug-likeness (QED) is 0.766. The smallest absolute Gasteiger partial charge is 0.118 e. The van der Waals surface area contributed by atoms with Gasteiger partial charge in [0.15, 0.2) is 0 Å². The molecule has 1 saturated heterocycles. The van der Waals surface area contributed by atoms with Crippen molar-refractivity contribution in [2.75, 3.05) is 46.9 Å². The van der Waals surface area contributed by atoms with Crippen molar-refractivity contribution in [3.8, 4) is 0 Å². The van der Waals surface area contributed by atoms with Crippen LogP contribution in [0.1, 0.15) is 40.5 Å². The second kappa shape index (κ2) is 14.5. The minimum Gasteiger partial charge on any atom is -0.497 e. The van der Waals surface area contributed by atoms with Crippen molar-refractivity contribution < 1.29 is 4.74 Å². The van der Waals surface area contributed by atoms with Crippen LogP contribution in [0, 0.1) is 5.92 Å². The molecule has 0 aromatic rings. The first-order chi connectivity index (χ1) is 11.2. The second-order valence-electron chi connectivity index (χ2n) is 5.87. The van der Waals surface area contributed by atoms with Crippen molar-refractivity contribution >= 4 is 0 Å². The van der Waals surface area contributed by atoms with Gasteiger partial charge in [-0.25, -0.2) is 0 Å². The molecule has 0 spiro atoms. The molecule has 3 nitrogen and oxygen atoms in total. The van der Waals surface area contributed by atoms with Crippen LogP contribution in [0.2, 0.25) is 0 Å². The lowest BCUT2D eigenvalue weighted by Gasteiger charge is -2.32. The number of piperazine rings is 1. The molecule has 0 aromatic carbocycles. The van der Waals surface area contributed by atoms with Gasteiger partial charge in [-0.3, -0.25) is 0 Å². The summed E-state index contributed by atoms with van der Waals surface area (Å²) in [6, 6.07) is 0.